The fraction of sp³-hybridized carbons (Fsp3) is 0.333. The van der Waals surface area contributed by atoms with Gasteiger partial charge in [0.2, 0.25) is 5.91 Å². The van der Waals surface area contributed by atoms with E-state index in [9.17, 15) is 31.6 Å². The van der Waals surface area contributed by atoms with Gasteiger partial charge in [-0.1, -0.05) is 79.6 Å². The second kappa shape index (κ2) is 12.2. The molecule has 6 nitrogen and oxygen atoms in total. The largest absolute Gasteiger partial charge is 0.407 e. The number of halogens is 3. The van der Waals surface area contributed by atoms with Crippen molar-refractivity contribution >= 4 is 15.7 Å². The molecule has 40 heavy (non-hydrogen) atoms. The number of nitrogens with zero attached hydrogens (tertiary/aromatic N) is 1. The van der Waals surface area contributed by atoms with Crippen LogP contribution in [0.3, 0.4) is 0 Å². The maximum Gasteiger partial charge on any atom is 0.407 e. The highest BCUT2D eigenvalue weighted by Gasteiger charge is 2.44. The van der Waals surface area contributed by atoms with Crippen LogP contribution in [-0.2, 0) is 21.1 Å². The quantitative estimate of drug-likeness (QED) is 0.324. The van der Waals surface area contributed by atoms with Gasteiger partial charge in [-0.25, -0.2) is 8.42 Å². The van der Waals surface area contributed by atoms with Gasteiger partial charge in [-0.2, -0.15) is 18.4 Å². The molecule has 1 aliphatic rings. The molecule has 0 aliphatic heterocycles. The van der Waals surface area contributed by atoms with Crippen LogP contribution in [0.15, 0.2) is 83.8 Å². The van der Waals surface area contributed by atoms with E-state index in [4.69, 9.17) is 0 Å². The Bertz CT molecular complexity index is 1450. The van der Waals surface area contributed by atoms with Gasteiger partial charge in [0.15, 0.2) is 9.84 Å². The molecule has 0 radical (unpaired) electrons. The van der Waals surface area contributed by atoms with Crippen molar-refractivity contribution in [2.24, 2.45) is 5.92 Å². The lowest BCUT2D eigenvalue weighted by atomic mass is 9.98. The first kappa shape index (κ1) is 29.3. The fourth-order valence-electron chi connectivity index (χ4n) is 4.53. The van der Waals surface area contributed by atoms with Crippen molar-refractivity contribution in [3.63, 3.8) is 0 Å². The van der Waals surface area contributed by atoms with Gasteiger partial charge in [0.05, 0.1) is 17.0 Å². The van der Waals surface area contributed by atoms with Crippen molar-refractivity contribution in [1.29, 1.82) is 5.26 Å². The summed E-state index contributed by atoms with van der Waals surface area (Å²) in [5.74, 6) is -0.477. The third kappa shape index (κ3) is 7.93. The van der Waals surface area contributed by atoms with Crippen LogP contribution in [0.4, 0.5) is 13.2 Å². The minimum Gasteiger partial charge on any atom is -0.339 e. The number of sulfone groups is 1. The van der Waals surface area contributed by atoms with Gasteiger partial charge in [0.25, 0.3) is 0 Å². The molecular formula is C30H30F3N3O3S. The van der Waals surface area contributed by atoms with Crippen molar-refractivity contribution in [2.45, 2.75) is 54.9 Å². The molecule has 4 rings (SSSR count). The summed E-state index contributed by atoms with van der Waals surface area (Å²) in [6, 6.07) is 18.9. The Morgan fingerprint density at radius 1 is 0.975 bits per heavy atom. The van der Waals surface area contributed by atoms with Crippen LogP contribution in [-0.4, -0.2) is 38.8 Å². The maximum atomic E-state index is 14.3. The molecule has 1 aliphatic carbocycles. The van der Waals surface area contributed by atoms with E-state index in [1.54, 1.807) is 12.1 Å². The Labute approximate surface area is 232 Å². The van der Waals surface area contributed by atoms with Crippen LogP contribution in [0, 0.1) is 17.2 Å². The fourth-order valence-corrected chi connectivity index (χ4v) is 5.16. The highest BCUT2D eigenvalue weighted by atomic mass is 32.2. The van der Waals surface area contributed by atoms with Gasteiger partial charge in [0, 0.05) is 12.7 Å². The molecule has 3 atom stereocenters. The molecule has 210 valence electrons. The van der Waals surface area contributed by atoms with Gasteiger partial charge in [0.1, 0.15) is 12.1 Å². The number of hydrogen-bond donors (Lipinski definition) is 2. The van der Waals surface area contributed by atoms with E-state index in [1.807, 2.05) is 36.4 Å². The molecular weight excluding hydrogens is 539 g/mol. The molecule has 1 amide bonds. The van der Waals surface area contributed by atoms with E-state index in [2.05, 4.69) is 10.6 Å². The number of carbonyl (C=O) groups is 1. The number of nitrogens with one attached hydrogen (secondary N) is 2. The Kier molecular flexibility index (Phi) is 8.96. The van der Waals surface area contributed by atoms with Gasteiger partial charge < -0.3 is 5.32 Å². The first-order valence-corrected chi connectivity index (χ1v) is 14.8. The summed E-state index contributed by atoms with van der Waals surface area (Å²) in [6.45, 7) is 0. The smallest absolute Gasteiger partial charge is 0.339 e. The summed E-state index contributed by atoms with van der Waals surface area (Å²) in [5, 5.41) is 14.8. The Hall–Kier alpha value is -3.68. The summed E-state index contributed by atoms with van der Waals surface area (Å²) in [4.78, 5) is 13.3. The standard InChI is InChI=1S/C30H30F3N3O3S/c1-40(38,39)26-15-13-23(14-16-26)22-9-11-24(12-10-22)28(30(31,32)33)36-27(18-21-7-8-21)29(37)35-25(19-34)17-20-5-3-2-4-6-20/h2-6,9-16,21,25,27-28,36H,7-8,17-18H2,1H3,(H,35,37)/t25-,27?,28-/m0/s1. The number of benzene rings is 3. The number of alkyl halides is 3. The lowest BCUT2D eigenvalue weighted by molar-refractivity contribution is -0.161. The monoisotopic (exact) mass is 569 g/mol. The van der Waals surface area contributed by atoms with Crippen molar-refractivity contribution in [3.8, 4) is 17.2 Å². The highest BCUT2D eigenvalue weighted by molar-refractivity contribution is 7.90. The first-order valence-electron chi connectivity index (χ1n) is 12.9. The van der Waals surface area contributed by atoms with E-state index in [0.717, 1.165) is 24.7 Å². The minimum atomic E-state index is -4.68. The lowest BCUT2D eigenvalue weighted by Crippen LogP contribution is -2.51. The average molecular weight is 570 g/mol. The maximum absolute atomic E-state index is 14.3. The van der Waals surface area contributed by atoms with Crippen molar-refractivity contribution in [2.75, 3.05) is 6.26 Å². The predicted molar refractivity (Wildman–Crippen MR) is 146 cm³/mol. The molecule has 1 fully saturated rings. The summed E-state index contributed by atoms with van der Waals surface area (Å²) in [7, 11) is -3.37. The van der Waals surface area contributed by atoms with Crippen LogP contribution in [0.5, 0.6) is 0 Å². The second-order valence-electron chi connectivity index (χ2n) is 10.2. The van der Waals surface area contributed by atoms with Crippen LogP contribution < -0.4 is 10.6 Å². The molecule has 0 heterocycles. The molecule has 0 saturated heterocycles. The molecule has 3 aromatic rings. The third-order valence-electron chi connectivity index (χ3n) is 6.89. The number of carbonyl (C=O) groups excluding carboxylic acids is 1. The van der Waals surface area contributed by atoms with Gasteiger partial charge in [-0.3, -0.25) is 10.1 Å². The Morgan fingerprint density at radius 3 is 2.05 bits per heavy atom. The zero-order valence-electron chi connectivity index (χ0n) is 21.9. The SMILES string of the molecule is CS(=O)(=O)c1ccc(-c2ccc([C@H](NC(CC3CC3)C(=O)N[C@H](C#N)Cc3ccccc3)C(F)(F)F)cc2)cc1. The van der Waals surface area contributed by atoms with E-state index >= 15 is 0 Å². The topological polar surface area (TPSA) is 99.1 Å². The van der Waals surface area contributed by atoms with Crippen LogP contribution in [0.1, 0.15) is 36.4 Å². The highest BCUT2D eigenvalue weighted by Crippen LogP contribution is 2.37. The Balaban J connectivity index is 1.52. The normalized spacial score (nSPS) is 16.0. The summed E-state index contributed by atoms with van der Waals surface area (Å²) in [6.07, 6.45) is -1.40. The average Bonchev–Trinajstić information content (AvgIpc) is 3.74. The molecule has 1 saturated carbocycles. The number of rotatable bonds is 11. The van der Waals surface area contributed by atoms with E-state index in [0.29, 0.717) is 11.1 Å². The third-order valence-corrected chi connectivity index (χ3v) is 8.02. The lowest BCUT2D eigenvalue weighted by Gasteiger charge is -2.28. The van der Waals surface area contributed by atoms with Gasteiger partial charge in [-0.15, -0.1) is 0 Å². The van der Waals surface area contributed by atoms with Crippen LogP contribution in [0.2, 0.25) is 0 Å². The summed E-state index contributed by atoms with van der Waals surface area (Å²) >= 11 is 0. The molecule has 0 spiro atoms. The van der Waals surface area contributed by atoms with Crippen molar-refractivity contribution < 1.29 is 26.4 Å². The number of amides is 1. The molecule has 0 bridgehead atoms. The first-order chi connectivity index (χ1) is 18.9. The number of nitriles is 1. The summed E-state index contributed by atoms with van der Waals surface area (Å²) in [5.41, 5.74) is 2.05. The minimum absolute atomic E-state index is 0.0567. The molecule has 2 N–H and O–H groups in total. The summed E-state index contributed by atoms with van der Waals surface area (Å²) < 4.78 is 66.2. The van der Waals surface area contributed by atoms with Crippen molar-refractivity contribution in [1.82, 2.24) is 10.6 Å². The molecule has 3 aromatic carbocycles. The van der Waals surface area contributed by atoms with E-state index in [1.165, 1.54) is 36.4 Å². The van der Waals surface area contributed by atoms with Crippen molar-refractivity contribution in [3.05, 3.63) is 90.0 Å². The zero-order valence-corrected chi connectivity index (χ0v) is 22.7. The Morgan fingerprint density at radius 2 is 1.55 bits per heavy atom. The molecule has 1 unspecified atom stereocenters. The molecule has 10 heteroatoms. The van der Waals surface area contributed by atoms with Crippen LogP contribution in [0.25, 0.3) is 11.1 Å². The second-order valence-corrected chi connectivity index (χ2v) is 12.2. The number of hydrogen-bond acceptors (Lipinski definition) is 5. The predicted octanol–water partition coefficient (Wildman–Crippen LogP) is 5.37. The van der Waals surface area contributed by atoms with Gasteiger partial charge in [-0.05, 0) is 46.7 Å². The van der Waals surface area contributed by atoms with E-state index in [-0.39, 0.29) is 29.2 Å². The molecule has 0 aromatic heterocycles. The zero-order chi connectivity index (χ0) is 28.9. The van der Waals surface area contributed by atoms with Gasteiger partial charge >= 0.3 is 6.18 Å². The van der Waals surface area contributed by atoms with Crippen LogP contribution >= 0.6 is 0 Å². The van der Waals surface area contributed by atoms with E-state index < -0.39 is 40.0 Å².